The molecule has 6 nitrogen and oxygen atoms in total. The highest BCUT2D eigenvalue weighted by Gasteiger charge is 2.14. The highest BCUT2D eigenvalue weighted by molar-refractivity contribution is 5.10. The number of aliphatic hydroxyl groups excluding tert-OH is 1. The first-order valence-electron chi connectivity index (χ1n) is 4.84. The molecular formula is C9H15N5O. The smallest absolute Gasteiger partial charge is 0.142 e. The van der Waals surface area contributed by atoms with Gasteiger partial charge in [-0.2, -0.15) is 5.26 Å². The fourth-order valence-corrected chi connectivity index (χ4v) is 1.18. The van der Waals surface area contributed by atoms with Crippen LogP contribution >= 0.6 is 0 Å². The number of hydrogen-bond acceptors (Lipinski definition) is 5. The van der Waals surface area contributed by atoms with Crippen LogP contribution in [0.3, 0.4) is 0 Å². The minimum absolute atomic E-state index is 0.0115. The fraction of sp³-hybridized carbons (Fsp3) is 0.667. The van der Waals surface area contributed by atoms with Gasteiger partial charge in [-0.15, -0.1) is 5.10 Å². The Bertz CT molecular complexity index is 341. The van der Waals surface area contributed by atoms with E-state index in [1.807, 2.05) is 13.8 Å². The van der Waals surface area contributed by atoms with E-state index in [2.05, 4.69) is 21.7 Å². The maximum Gasteiger partial charge on any atom is 0.142 e. The van der Waals surface area contributed by atoms with Crippen molar-refractivity contribution in [3.63, 3.8) is 0 Å². The van der Waals surface area contributed by atoms with E-state index in [-0.39, 0.29) is 12.6 Å². The zero-order valence-corrected chi connectivity index (χ0v) is 8.88. The van der Waals surface area contributed by atoms with Crippen molar-refractivity contribution in [2.24, 2.45) is 0 Å². The number of nitriles is 1. The Morgan fingerprint density at radius 1 is 1.67 bits per heavy atom. The average molecular weight is 209 g/mol. The lowest BCUT2D eigenvalue weighted by atomic mass is 10.2. The Balaban J connectivity index is 2.71. The molecular weight excluding hydrogens is 194 g/mol. The van der Waals surface area contributed by atoms with Gasteiger partial charge in [0.1, 0.15) is 11.7 Å². The van der Waals surface area contributed by atoms with Gasteiger partial charge in [-0.25, -0.2) is 4.68 Å². The second kappa shape index (κ2) is 5.44. The summed E-state index contributed by atoms with van der Waals surface area (Å²) in [6.45, 7) is 4.33. The van der Waals surface area contributed by atoms with Crippen molar-refractivity contribution in [2.75, 3.05) is 6.61 Å². The molecule has 1 aromatic rings. The summed E-state index contributed by atoms with van der Waals surface area (Å²) in [6.07, 6.45) is 1.67. The SMILES string of the molecule is CC(C)NC(C#N)c1cn(CCO)nn1. The number of nitrogens with one attached hydrogen (secondary N) is 1. The lowest BCUT2D eigenvalue weighted by Gasteiger charge is -2.11. The van der Waals surface area contributed by atoms with Crippen molar-refractivity contribution in [3.05, 3.63) is 11.9 Å². The van der Waals surface area contributed by atoms with Gasteiger partial charge < -0.3 is 5.11 Å². The summed E-state index contributed by atoms with van der Waals surface area (Å²) in [4.78, 5) is 0. The van der Waals surface area contributed by atoms with Crippen LogP contribution < -0.4 is 5.32 Å². The van der Waals surface area contributed by atoms with E-state index in [1.54, 1.807) is 6.20 Å². The third-order valence-electron chi connectivity index (χ3n) is 1.81. The van der Waals surface area contributed by atoms with Crippen molar-refractivity contribution in [1.29, 1.82) is 5.26 Å². The van der Waals surface area contributed by atoms with E-state index in [0.29, 0.717) is 12.2 Å². The number of nitrogens with zero attached hydrogens (tertiary/aromatic N) is 4. The van der Waals surface area contributed by atoms with Crippen molar-refractivity contribution in [3.8, 4) is 6.07 Å². The molecule has 0 aliphatic heterocycles. The molecule has 0 saturated heterocycles. The highest BCUT2D eigenvalue weighted by Crippen LogP contribution is 2.08. The molecule has 0 aliphatic carbocycles. The van der Waals surface area contributed by atoms with Gasteiger partial charge in [0.15, 0.2) is 0 Å². The second-order valence-electron chi connectivity index (χ2n) is 3.51. The standard InChI is InChI=1S/C9H15N5O/c1-7(2)11-8(5-10)9-6-14(3-4-15)13-12-9/h6-8,11,15H,3-4H2,1-2H3. The predicted octanol–water partition coefficient (Wildman–Crippen LogP) is -0.167. The lowest BCUT2D eigenvalue weighted by Crippen LogP contribution is -2.27. The summed E-state index contributed by atoms with van der Waals surface area (Å²) < 4.78 is 1.52. The van der Waals surface area contributed by atoms with Gasteiger partial charge in [0.25, 0.3) is 0 Å². The summed E-state index contributed by atoms with van der Waals surface area (Å²) in [7, 11) is 0. The van der Waals surface area contributed by atoms with Gasteiger partial charge in [-0.3, -0.25) is 5.32 Å². The average Bonchev–Trinajstić information content (AvgIpc) is 2.63. The zero-order valence-electron chi connectivity index (χ0n) is 8.88. The molecule has 0 aromatic carbocycles. The van der Waals surface area contributed by atoms with E-state index < -0.39 is 6.04 Å². The molecule has 1 rings (SSSR count). The van der Waals surface area contributed by atoms with Crippen LogP contribution in [-0.2, 0) is 6.54 Å². The molecule has 2 N–H and O–H groups in total. The summed E-state index contributed by atoms with van der Waals surface area (Å²) in [5.41, 5.74) is 0.583. The second-order valence-corrected chi connectivity index (χ2v) is 3.51. The molecule has 82 valence electrons. The van der Waals surface area contributed by atoms with Crippen molar-refractivity contribution >= 4 is 0 Å². The first-order chi connectivity index (χ1) is 7.17. The molecule has 0 bridgehead atoms. The fourth-order valence-electron chi connectivity index (χ4n) is 1.18. The summed E-state index contributed by atoms with van der Waals surface area (Å²) in [5.74, 6) is 0. The van der Waals surface area contributed by atoms with Gasteiger partial charge in [-0.05, 0) is 13.8 Å². The van der Waals surface area contributed by atoms with Crippen LogP contribution in [0.25, 0.3) is 0 Å². The van der Waals surface area contributed by atoms with Gasteiger partial charge in [-0.1, -0.05) is 5.21 Å². The number of aliphatic hydroxyl groups is 1. The summed E-state index contributed by atoms with van der Waals surface area (Å²) >= 11 is 0. The molecule has 1 aromatic heterocycles. The van der Waals surface area contributed by atoms with E-state index in [0.717, 1.165) is 0 Å². The molecule has 0 aliphatic rings. The maximum atomic E-state index is 8.93. The largest absolute Gasteiger partial charge is 0.394 e. The number of hydrogen-bond donors (Lipinski definition) is 2. The molecule has 0 saturated carbocycles. The normalized spacial score (nSPS) is 12.7. The Morgan fingerprint density at radius 3 is 2.93 bits per heavy atom. The minimum atomic E-state index is -0.447. The van der Waals surface area contributed by atoms with E-state index in [4.69, 9.17) is 10.4 Å². The molecule has 0 amide bonds. The van der Waals surface area contributed by atoms with Gasteiger partial charge in [0.2, 0.25) is 0 Å². The van der Waals surface area contributed by atoms with Crippen LogP contribution in [-0.4, -0.2) is 32.7 Å². The molecule has 1 atom stereocenters. The molecule has 0 spiro atoms. The monoisotopic (exact) mass is 209 g/mol. The topological polar surface area (TPSA) is 86.8 Å². The van der Waals surface area contributed by atoms with E-state index in [1.165, 1.54) is 4.68 Å². The minimum Gasteiger partial charge on any atom is -0.394 e. The van der Waals surface area contributed by atoms with Crippen LogP contribution in [0.2, 0.25) is 0 Å². The van der Waals surface area contributed by atoms with Crippen LogP contribution in [0.4, 0.5) is 0 Å². The molecule has 0 fully saturated rings. The van der Waals surface area contributed by atoms with Crippen LogP contribution in [0, 0.1) is 11.3 Å². The summed E-state index contributed by atoms with van der Waals surface area (Å²) in [5, 5.41) is 28.4. The van der Waals surface area contributed by atoms with Crippen LogP contribution in [0.1, 0.15) is 25.6 Å². The highest BCUT2D eigenvalue weighted by atomic mass is 16.3. The Labute approximate surface area is 88.5 Å². The Hall–Kier alpha value is -1.45. The van der Waals surface area contributed by atoms with Gasteiger partial charge >= 0.3 is 0 Å². The van der Waals surface area contributed by atoms with Gasteiger partial charge in [0, 0.05) is 6.04 Å². The van der Waals surface area contributed by atoms with Crippen molar-refractivity contribution < 1.29 is 5.11 Å². The molecule has 1 unspecified atom stereocenters. The first-order valence-corrected chi connectivity index (χ1v) is 4.84. The third kappa shape index (κ3) is 3.31. The number of aromatic nitrogens is 3. The Morgan fingerprint density at radius 2 is 2.40 bits per heavy atom. The first kappa shape index (κ1) is 11.6. The zero-order chi connectivity index (χ0) is 11.3. The van der Waals surface area contributed by atoms with Crippen LogP contribution in [0.5, 0.6) is 0 Å². The third-order valence-corrected chi connectivity index (χ3v) is 1.81. The molecule has 6 heteroatoms. The summed E-state index contributed by atoms with van der Waals surface area (Å²) in [6, 6.07) is 1.88. The predicted molar refractivity (Wildman–Crippen MR) is 53.7 cm³/mol. The number of rotatable bonds is 5. The van der Waals surface area contributed by atoms with E-state index >= 15 is 0 Å². The lowest BCUT2D eigenvalue weighted by molar-refractivity contribution is 0.268. The quantitative estimate of drug-likeness (QED) is 0.703. The molecule has 0 radical (unpaired) electrons. The van der Waals surface area contributed by atoms with E-state index in [9.17, 15) is 0 Å². The maximum absolute atomic E-state index is 8.93. The Kier molecular flexibility index (Phi) is 4.21. The van der Waals surface area contributed by atoms with Crippen LogP contribution in [0.15, 0.2) is 6.20 Å². The van der Waals surface area contributed by atoms with Crippen molar-refractivity contribution in [1.82, 2.24) is 20.3 Å². The molecule has 1 heterocycles. The van der Waals surface area contributed by atoms with Crippen molar-refractivity contribution in [2.45, 2.75) is 32.5 Å². The molecule has 15 heavy (non-hydrogen) atoms. The van der Waals surface area contributed by atoms with Gasteiger partial charge in [0.05, 0.1) is 25.4 Å².